The van der Waals surface area contributed by atoms with Crippen molar-refractivity contribution >= 4 is 16.9 Å². The lowest BCUT2D eigenvalue weighted by atomic mass is 15.8. The van der Waals surface area contributed by atoms with Crippen LogP contribution in [0.15, 0.2) is 0 Å². The van der Waals surface area contributed by atoms with E-state index in [-0.39, 0.29) is 0 Å². The summed E-state index contributed by atoms with van der Waals surface area (Å²) in [5.74, 6) is 0. The molecule has 7 heteroatoms. The third-order valence-electron chi connectivity index (χ3n) is 0.143. The highest BCUT2D eigenvalue weighted by Gasteiger charge is 2.19. The molecule has 0 aliphatic rings. The molecule has 0 bridgehead atoms. The Labute approximate surface area is 41.5 Å². The van der Waals surface area contributed by atoms with Gasteiger partial charge in [0.05, 0.1) is 0 Å². The van der Waals surface area contributed by atoms with Crippen LogP contribution in [0.4, 0.5) is 0 Å². The minimum Gasteiger partial charge on any atom is -0.325 e. The molecular weight excluding hydrogens is 142 g/mol. The largest absolute Gasteiger partial charge is 0.702 e. The topological polar surface area (TPSA) is 87.0 Å². The fourth-order valence-electron chi connectivity index (χ4n) is 0.0625. The van der Waals surface area contributed by atoms with E-state index in [9.17, 15) is 4.57 Å². The van der Waals surface area contributed by atoms with E-state index < -0.39 is 16.9 Å². The van der Waals surface area contributed by atoms with Crippen LogP contribution in [0.3, 0.4) is 0 Å². The Balaban J connectivity index is 3.13. The van der Waals surface area contributed by atoms with E-state index in [2.05, 4.69) is 4.31 Å². The first-order chi connectivity index (χ1) is 3.13. The Morgan fingerprint density at radius 3 is 2.00 bits per heavy atom. The summed E-state index contributed by atoms with van der Waals surface area (Å²) in [5, 5.41) is 0. The minimum absolute atomic E-state index is 2.67. The lowest BCUT2D eigenvalue weighted by Gasteiger charge is -1.81. The molecule has 0 saturated heterocycles. The number of hydrogen-bond donors (Lipinski definition) is 3. The number of hydrogen-bond acceptors (Lipinski definition) is 4. The molecule has 0 rings (SSSR count). The van der Waals surface area contributed by atoms with Gasteiger partial charge in [-0.15, -0.1) is 4.89 Å². The van der Waals surface area contributed by atoms with Crippen molar-refractivity contribution in [3.05, 3.63) is 0 Å². The molecule has 42 valence electrons. The van der Waals surface area contributed by atoms with E-state index >= 15 is 0 Å². The van der Waals surface area contributed by atoms with Crippen LogP contribution in [0.1, 0.15) is 0 Å². The quantitative estimate of drug-likeness (QED) is 0.471. The summed E-state index contributed by atoms with van der Waals surface area (Å²) in [6.07, 6.45) is 0. The Morgan fingerprint density at radius 1 is 1.57 bits per heavy atom. The second kappa shape index (κ2) is 3.38. The first-order valence-electron chi connectivity index (χ1n) is 1.15. The van der Waals surface area contributed by atoms with E-state index in [1.54, 1.807) is 0 Å². The second-order valence-corrected chi connectivity index (χ2v) is 2.21. The Hall–Kier alpha value is 0.370. The molecule has 0 aliphatic carbocycles. The molecule has 0 amide bonds. The van der Waals surface area contributed by atoms with Crippen LogP contribution in [0.25, 0.3) is 0 Å². The molecule has 0 aromatic carbocycles. The smallest absolute Gasteiger partial charge is 0.325 e. The van der Waals surface area contributed by atoms with Crippen LogP contribution < -0.4 is 0 Å². The van der Waals surface area contributed by atoms with E-state index in [1.165, 1.54) is 0 Å². The monoisotopic (exact) mass is 145 g/mol. The van der Waals surface area contributed by atoms with Crippen molar-refractivity contribution in [2.24, 2.45) is 0 Å². The third-order valence-corrected chi connectivity index (χ3v) is 1.29. The maximum Gasteiger partial charge on any atom is 0.702 e. The highest BCUT2D eigenvalue weighted by atomic mass is 31.2. The standard InChI is InChI=1S/H2O5P2/c1-6(2)5-7(3)4/h1-2H/p+1. The summed E-state index contributed by atoms with van der Waals surface area (Å²) in [5.41, 5.74) is 0. The van der Waals surface area contributed by atoms with Crippen molar-refractivity contribution < 1.29 is 23.6 Å². The minimum atomic E-state index is -2.86. The summed E-state index contributed by atoms with van der Waals surface area (Å²) < 4.78 is 12.9. The maximum atomic E-state index is 9.43. The van der Waals surface area contributed by atoms with Gasteiger partial charge in [-0.05, 0) is 4.31 Å². The highest BCUT2D eigenvalue weighted by molar-refractivity contribution is 7.50. The van der Waals surface area contributed by atoms with Gasteiger partial charge in [-0.25, -0.2) is 0 Å². The summed E-state index contributed by atoms with van der Waals surface area (Å²) in [4.78, 5) is 23.3. The van der Waals surface area contributed by atoms with Crippen molar-refractivity contribution in [3.8, 4) is 0 Å². The van der Waals surface area contributed by atoms with Crippen LogP contribution in [-0.4, -0.2) is 14.7 Å². The van der Waals surface area contributed by atoms with Crippen LogP contribution in [-0.2, 0) is 8.88 Å². The first-order valence-corrected chi connectivity index (χ1v) is 3.44. The van der Waals surface area contributed by atoms with Crippen LogP contribution in [0.2, 0.25) is 0 Å². The summed E-state index contributed by atoms with van der Waals surface area (Å²) in [6.45, 7) is 0. The molecule has 0 aromatic rings. The molecule has 0 spiro atoms. The van der Waals surface area contributed by atoms with E-state index in [1.807, 2.05) is 0 Å². The molecule has 5 nitrogen and oxygen atoms in total. The van der Waals surface area contributed by atoms with Crippen LogP contribution >= 0.6 is 16.9 Å². The van der Waals surface area contributed by atoms with Gasteiger partial charge < -0.3 is 9.79 Å². The van der Waals surface area contributed by atoms with E-state index in [0.29, 0.717) is 0 Å². The SMILES string of the molecule is O=[P+](O)OP(O)O. The molecule has 0 heterocycles. The molecule has 0 radical (unpaired) electrons. The Kier molecular flexibility index (Phi) is 3.56. The average molecular weight is 145 g/mol. The van der Waals surface area contributed by atoms with Gasteiger partial charge in [-0.1, -0.05) is 0 Å². The zero-order valence-corrected chi connectivity index (χ0v) is 4.84. The molecule has 3 N–H and O–H groups in total. The zero-order chi connectivity index (χ0) is 5.86. The molecule has 1 atom stereocenters. The summed E-state index contributed by atoms with van der Waals surface area (Å²) in [7, 11) is -5.53. The lowest BCUT2D eigenvalue weighted by Crippen LogP contribution is -1.67. The summed E-state index contributed by atoms with van der Waals surface area (Å²) in [6, 6.07) is 0. The predicted molar refractivity (Wildman–Crippen MR) is 22.3 cm³/mol. The zero-order valence-electron chi connectivity index (χ0n) is 3.05. The summed E-state index contributed by atoms with van der Waals surface area (Å²) >= 11 is 0. The Morgan fingerprint density at radius 2 is 2.00 bits per heavy atom. The van der Waals surface area contributed by atoms with Crippen molar-refractivity contribution in [2.45, 2.75) is 0 Å². The van der Waals surface area contributed by atoms with Crippen LogP contribution in [0, 0.1) is 0 Å². The molecule has 0 aromatic heterocycles. The Bertz CT molecular complexity index is 66.5. The van der Waals surface area contributed by atoms with Gasteiger partial charge in [0.2, 0.25) is 0 Å². The lowest BCUT2D eigenvalue weighted by molar-refractivity contribution is 0.346. The van der Waals surface area contributed by atoms with Gasteiger partial charge in [0, 0.05) is 4.57 Å². The van der Waals surface area contributed by atoms with Crippen LogP contribution in [0.5, 0.6) is 0 Å². The van der Waals surface area contributed by atoms with Gasteiger partial charge in [-0.2, -0.15) is 0 Å². The normalized spacial score (nSPS) is 12.3. The van der Waals surface area contributed by atoms with Crippen molar-refractivity contribution in [2.75, 3.05) is 0 Å². The van der Waals surface area contributed by atoms with E-state index in [0.717, 1.165) is 0 Å². The van der Waals surface area contributed by atoms with Gasteiger partial charge >= 0.3 is 16.9 Å². The molecule has 0 aliphatic heterocycles. The van der Waals surface area contributed by atoms with Gasteiger partial charge in [0.15, 0.2) is 0 Å². The first kappa shape index (κ1) is 7.37. The second-order valence-electron chi connectivity index (χ2n) is 0.572. The van der Waals surface area contributed by atoms with Gasteiger partial charge in [-0.3, -0.25) is 0 Å². The average Bonchev–Trinajstić information content (AvgIpc) is 1.27. The fourth-order valence-corrected chi connectivity index (χ4v) is 0.562. The van der Waals surface area contributed by atoms with Crippen molar-refractivity contribution in [1.82, 2.24) is 0 Å². The maximum absolute atomic E-state index is 9.43. The highest BCUT2D eigenvalue weighted by Crippen LogP contribution is 2.36. The molecule has 1 unspecified atom stereocenters. The van der Waals surface area contributed by atoms with E-state index in [4.69, 9.17) is 14.7 Å². The molecule has 7 heavy (non-hydrogen) atoms. The molecule has 0 saturated carbocycles. The van der Waals surface area contributed by atoms with Gasteiger partial charge in [0.25, 0.3) is 0 Å². The number of rotatable bonds is 2. The molecular formula is H3O5P2+. The van der Waals surface area contributed by atoms with Crippen molar-refractivity contribution in [1.29, 1.82) is 0 Å². The fraction of sp³-hybridized carbons (Fsp3) is 0. The predicted octanol–water partition coefficient (Wildman–Crippen LogP) is -0.136. The van der Waals surface area contributed by atoms with Crippen molar-refractivity contribution in [3.63, 3.8) is 0 Å². The van der Waals surface area contributed by atoms with Gasteiger partial charge in [0.1, 0.15) is 0 Å². The molecule has 0 fully saturated rings. The third kappa shape index (κ3) is 6.37.